The SMILES string of the molecule is NC(=O)C[C@@H](CCCc1ccc(-c2ccccc2)cc1)C(=O)NCc1ccccc1. The van der Waals surface area contributed by atoms with E-state index in [-0.39, 0.29) is 12.3 Å². The summed E-state index contributed by atoms with van der Waals surface area (Å²) >= 11 is 0. The maximum Gasteiger partial charge on any atom is 0.223 e. The van der Waals surface area contributed by atoms with Gasteiger partial charge in [-0.05, 0) is 41.5 Å². The molecule has 0 spiro atoms. The van der Waals surface area contributed by atoms with Crippen LogP contribution in [0.2, 0.25) is 0 Å². The van der Waals surface area contributed by atoms with Crippen LogP contribution in [0.5, 0.6) is 0 Å². The molecule has 0 unspecified atom stereocenters. The van der Waals surface area contributed by atoms with Gasteiger partial charge in [-0.3, -0.25) is 9.59 Å². The monoisotopic (exact) mass is 400 g/mol. The maximum absolute atomic E-state index is 12.6. The van der Waals surface area contributed by atoms with Crippen molar-refractivity contribution in [2.75, 3.05) is 0 Å². The van der Waals surface area contributed by atoms with Crippen LogP contribution < -0.4 is 11.1 Å². The lowest BCUT2D eigenvalue weighted by molar-refractivity contribution is -0.129. The summed E-state index contributed by atoms with van der Waals surface area (Å²) in [6.07, 6.45) is 2.38. The summed E-state index contributed by atoms with van der Waals surface area (Å²) in [5, 5.41) is 2.93. The van der Waals surface area contributed by atoms with E-state index in [4.69, 9.17) is 5.73 Å². The molecule has 2 amide bonds. The largest absolute Gasteiger partial charge is 0.370 e. The van der Waals surface area contributed by atoms with E-state index >= 15 is 0 Å². The fourth-order valence-electron chi connectivity index (χ4n) is 3.55. The van der Waals surface area contributed by atoms with E-state index in [0.29, 0.717) is 13.0 Å². The minimum atomic E-state index is -0.443. The van der Waals surface area contributed by atoms with Gasteiger partial charge in [0.05, 0.1) is 0 Å². The molecule has 0 aliphatic rings. The first-order valence-electron chi connectivity index (χ1n) is 10.4. The minimum Gasteiger partial charge on any atom is -0.370 e. The third-order valence-corrected chi connectivity index (χ3v) is 5.21. The fourth-order valence-corrected chi connectivity index (χ4v) is 3.55. The van der Waals surface area contributed by atoms with Gasteiger partial charge in [-0.1, -0.05) is 84.9 Å². The van der Waals surface area contributed by atoms with Crippen LogP contribution in [0.25, 0.3) is 11.1 Å². The van der Waals surface area contributed by atoms with Gasteiger partial charge >= 0.3 is 0 Å². The van der Waals surface area contributed by atoms with Crippen molar-refractivity contribution in [3.05, 3.63) is 96.1 Å². The molecule has 1 atom stereocenters. The van der Waals surface area contributed by atoms with Crippen molar-refractivity contribution < 1.29 is 9.59 Å². The molecule has 3 aromatic rings. The van der Waals surface area contributed by atoms with Crippen LogP contribution in [0.15, 0.2) is 84.9 Å². The number of aryl methyl sites for hydroxylation is 1. The van der Waals surface area contributed by atoms with Crippen molar-refractivity contribution in [2.45, 2.75) is 32.2 Å². The van der Waals surface area contributed by atoms with Gasteiger partial charge in [0.25, 0.3) is 0 Å². The van der Waals surface area contributed by atoms with Crippen molar-refractivity contribution in [3.63, 3.8) is 0 Å². The normalized spacial score (nSPS) is 11.6. The van der Waals surface area contributed by atoms with Gasteiger partial charge in [0.1, 0.15) is 0 Å². The molecule has 0 saturated carbocycles. The molecule has 0 aromatic heterocycles. The van der Waals surface area contributed by atoms with E-state index in [1.54, 1.807) is 0 Å². The Kier molecular flexibility index (Phi) is 7.78. The van der Waals surface area contributed by atoms with Crippen molar-refractivity contribution >= 4 is 11.8 Å². The van der Waals surface area contributed by atoms with Gasteiger partial charge in [-0.2, -0.15) is 0 Å². The Bertz CT molecular complexity index is 938. The van der Waals surface area contributed by atoms with Crippen molar-refractivity contribution in [2.24, 2.45) is 11.7 Å². The molecule has 3 N–H and O–H groups in total. The number of benzene rings is 3. The van der Waals surface area contributed by atoms with Crippen LogP contribution in [0.4, 0.5) is 0 Å². The van der Waals surface area contributed by atoms with Gasteiger partial charge in [-0.15, -0.1) is 0 Å². The summed E-state index contributed by atoms with van der Waals surface area (Å²) in [5.74, 6) is -0.950. The van der Waals surface area contributed by atoms with Crippen LogP contribution in [0.1, 0.15) is 30.4 Å². The van der Waals surface area contributed by atoms with Gasteiger partial charge in [0.15, 0.2) is 0 Å². The fraction of sp³-hybridized carbons (Fsp3) is 0.231. The van der Waals surface area contributed by atoms with Crippen LogP contribution in [0.3, 0.4) is 0 Å². The lowest BCUT2D eigenvalue weighted by atomic mass is 9.94. The topological polar surface area (TPSA) is 72.2 Å². The zero-order chi connectivity index (χ0) is 21.2. The summed E-state index contributed by atoms with van der Waals surface area (Å²) < 4.78 is 0. The molecule has 0 aliphatic heterocycles. The van der Waals surface area contributed by atoms with E-state index in [0.717, 1.165) is 18.4 Å². The predicted molar refractivity (Wildman–Crippen MR) is 120 cm³/mol. The summed E-state index contributed by atoms with van der Waals surface area (Å²) in [5.41, 5.74) is 10.0. The summed E-state index contributed by atoms with van der Waals surface area (Å²) in [7, 11) is 0. The van der Waals surface area contributed by atoms with Crippen molar-refractivity contribution in [1.82, 2.24) is 5.32 Å². The van der Waals surface area contributed by atoms with Crippen LogP contribution in [-0.4, -0.2) is 11.8 Å². The third-order valence-electron chi connectivity index (χ3n) is 5.21. The summed E-state index contributed by atoms with van der Waals surface area (Å²) in [6.45, 7) is 0.454. The molecule has 0 heterocycles. The molecule has 0 saturated heterocycles. The molecule has 3 aromatic carbocycles. The Balaban J connectivity index is 1.51. The molecule has 0 fully saturated rings. The number of hydrogen-bond acceptors (Lipinski definition) is 2. The highest BCUT2D eigenvalue weighted by Crippen LogP contribution is 2.21. The minimum absolute atomic E-state index is 0.0770. The average Bonchev–Trinajstić information content (AvgIpc) is 2.78. The second kappa shape index (κ2) is 11.0. The Morgan fingerprint density at radius 1 is 0.767 bits per heavy atom. The second-order valence-electron chi connectivity index (χ2n) is 7.53. The van der Waals surface area contributed by atoms with Crippen LogP contribution in [-0.2, 0) is 22.6 Å². The Morgan fingerprint density at radius 2 is 1.37 bits per heavy atom. The second-order valence-corrected chi connectivity index (χ2v) is 7.53. The van der Waals surface area contributed by atoms with E-state index in [1.165, 1.54) is 16.7 Å². The Hall–Kier alpha value is -3.40. The van der Waals surface area contributed by atoms with Gasteiger partial charge in [-0.25, -0.2) is 0 Å². The lowest BCUT2D eigenvalue weighted by Crippen LogP contribution is -2.33. The number of nitrogens with two attached hydrogens (primary N) is 1. The predicted octanol–water partition coefficient (Wildman–Crippen LogP) is 4.48. The first-order chi connectivity index (χ1) is 14.6. The van der Waals surface area contributed by atoms with Crippen molar-refractivity contribution in [1.29, 1.82) is 0 Å². The molecule has 4 nitrogen and oxygen atoms in total. The molecule has 0 radical (unpaired) electrons. The van der Waals surface area contributed by atoms with E-state index in [2.05, 4.69) is 41.7 Å². The quantitative estimate of drug-likeness (QED) is 0.526. The van der Waals surface area contributed by atoms with Gasteiger partial charge in [0.2, 0.25) is 11.8 Å². The average molecular weight is 401 g/mol. The molecule has 3 rings (SSSR count). The highest BCUT2D eigenvalue weighted by atomic mass is 16.2. The number of carbonyl (C=O) groups is 2. The van der Waals surface area contributed by atoms with Crippen molar-refractivity contribution in [3.8, 4) is 11.1 Å². The molecule has 154 valence electrons. The zero-order valence-corrected chi connectivity index (χ0v) is 17.1. The molecular formula is C26H28N2O2. The smallest absolute Gasteiger partial charge is 0.223 e. The lowest BCUT2D eigenvalue weighted by Gasteiger charge is -2.15. The Morgan fingerprint density at radius 3 is 2.00 bits per heavy atom. The maximum atomic E-state index is 12.6. The standard InChI is InChI=1S/C26H28N2O2/c27-25(29)18-24(26(30)28-19-21-8-3-1-4-9-21)13-7-10-20-14-16-23(17-15-20)22-11-5-2-6-12-22/h1-6,8-9,11-12,14-17,24H,7,10,13,18-19H2,(H2,27,29)(H,28,30)/t24-/m1/s1. The van der Waals surface area contributed by atoms with Crippen LogP contribution >= 0.6 is 0 Å². The first kappa shape index (κ1) is 21.3. The molecular weight excluding hydrogens is 372 g/mol. The number of nitrogens with one attached hydrogen (secondary N) is 1. The van der Waals surface area contributed by atoms with Gasteiger partial charge in [0, 0.05) is 18.9 Å². The summed E-state index contributed by atoms with van der Waals surface area (Å²) in [4.78, 5) is 24.0. The van der Waals surface area contributed by atoms with E-state index < -0.39 is 11.8 Å². The third kappa shape index (κ3) is 6.59. The Labute approximate surface area is 178 Å². The van der Waals surface area contributed by atoms with E-state index in [9.17, 15) is 9.59 Å². The van der Waals surface area contributed by atoms with Gasteiger partial charge < -0.3 is 11.1 Å². The summed E-state index contributed by atoms with van der Waals surface area (Å²) in [6, 6.07) is 28.5. The number of carbonyl (C=O) groups excluding carboxylic acids is 2. The van der Waals surface area contributed by atoms with Crippen LogP contribution in [0, 0.1) is 5.92 Å². The molecule has 0 bridgehead atoms. The zero-order valence-electron chi connectivity index (χ0n) is 17.1. The first-order valence-corrected chi connectivity index (χ1v) is 10.4. The molecule has 0 aliphatic carbocycles. The van der Waals surface area contributed by atoms with E-state index in [1.807, 2.05) is 48.5 Å². The number of amides is 2. The molecule has 4 heteroatoms. The highest BCUT2D eigenvalue weighted by molar-refractivity contribution is 5.85. The number of primary amides is 1. The highest BCUT2D eigenvalue weighted by Gasteiger charge is 2.20. The number of hydrogen-bond donors (Lipinski definition) is 2. The number of rotatable bonds is 10. The molecule has 30 heavy (non-hydrogen) atoms.